The van der Waals surface area contributed by atoms with E-state index >= 15 is 0 Å². The highest BCUT2D eigenvalue weighted by Gasteiger charge is 2.28. The molecule has 0 spiro atoms. The predicted molar refractivity (Wildman–Crippen MR) is 105 cm³/mol. The van der Waals surface area contributed by atoms with E-state index in [0.29, 0.717) is 11.1 Å². The van der Waals surface area contributed by atoms with Gasteiger partial charge in [-0.1, -0.05) is 60.7 Å². The van der Waals surface area contributed by atoms with Crippen LogP contribution in [0.5, 0.6) is 0 Å². The lowest BCUT2D eigenvalue weighted by Gasteiger charge is -2.17. The molecule has 1 atom stereocenters. The smallest absolute Gasteiger partial charge is 0.341 e. The van der Waals surface area contributed by atoms with Crippen molar-refractivity contribution in [2.75, 3.05) is 0 Å². The van der Waals surface area contributed by atoms with Gasteiger partial charge in [0, 0.05) is 11.1 Å². The molecule has 0 aliphatic rings. The van der Waals surface area contributed by atoms with E-state index < -0.39 is 38.3 Å². The number of ketones is 1. The van der Waals surface area contributed by atoms with E-state index in [1.807, 2.05) is 0 Å². The minimum Gasteiger partial charge on any atom is -0.445 e. The Kier molecular flexibility index (Phi) is 6.37. The first-order valence-corrected chi connectivity index (χ1v) is 10.3. The SMILES string of the molecule is O=C(O[C@H](C(=O)c1ccccc1)c1ccccc1)c1ccc(S(=O)(=O)C(F)F)cc1. The van der Waals surface area contributed by atoms with Crippen LogP contribution < -0.4 is 0 Å². The molecule has 0 fully saturated rings. The van der Waals surface area contributed by atoms with Crippen molar-refractivity contribution >= 4 is 21.6 Å². The fourth-order valence-corrected chi connectivity index (χ4v) is 3.43. The summed E-state index contributed by atoms with van der Waals surface area (Å²) in [6, 6.07) is 20.6. The van der Waals surface area contributed by atoms with Crippen molar-refractivity contribution in [3.05, 3.63) is 102 Å². The summed E-state index contributed by atoms with van der Waals surface area (Å²) in [5, 5.41) is 0. The molecule has 5 nitrogen and oxygen atoms in total. The minimum absolute atomic E-state index is 0.0787. The molecular formula is C22H16F2O5S. The summed E-state index contributed by atoms with van der Waals surface area (Å²) in [5.74, 6) is -4.90. The highest BCUT2D eigenvalue weighted by atomic mass is 32.2. The summed E-state index contributed by atoms with van der Waals surface area (Å²) < 4.78 is 53.7. The molecule has 0 amide bonds. The van der Waals surface area contributed by atoms with Gasteiger partial charge >= 0.3 is 11.7 Å². The number of Topliss-reactive ketones (excluding diaryl/α,β-unsaturated/α-hetero) is 1. The number of alkyl halides is 2. The molecule has 0 heterocycles. The molecule has 0 saturated heterocycles. The van der Waals surface area contributed by atoms with Crippen molar-refractivity contribution in [3.63, 3.8) is 0 Å². The molecule has 0 radical (unpaired) electrons. The number of hydrogen-bond donors (Lipinski definition) is 0. The maximum absolute atomic E-state index is 12.9. The Morgan fingerprint density at radius 1 is 0.733 bits per heavy atom. The Morgan fingerprint density at radius 3 is 1.80 bits per heavy atom. The van der Waals surface area contributed by atoms with Crippen LogP contribution in [-0.2, 0) is 14.6 Å². The van der Waals surface area contributed by atoms with Crippen LogP contribution in [0.25, 0.3) is 0 Å². The molecule has 0 bridgehead atoms. The fourth-order valence-electron chi connectivity index (χ4n) is 2.71. The van der Waals surface area contributed by atoms with Gasteiger partial charge in [-0.3, -0.25) is 4.79 Å². The van der Waals surface area contributed by atoms with Crippen molar-refractivity contribution in [3.8, 4) is 0 Å². The van der Waals surface area contributed by atoms with E-state index in [9.17, 15) is 26.8 Å². The number of halogens is 2. The number of hydrogen-bond acceptors (Lipinski definition) is 5. The van der Waals surface area contributed by atoms with Gasteiger partial charge in [0.05, 0.1) is 10.5 Å². The van der Waals surface area contributed by atoms with Crippen LogP contribution in [-0.4, -0.2) is 25.9 Å². The summed E-state index contributed by atoms with van der Waals surface area (Å²) in [6.07, 6.45) is -1.23. The zero-order valence-electron chi connectivity index (χ0n) is 15.4. The fraction of sp³-hybridized carbons (Fsp3) is 0.0909. The maximum Gasteiger partial charge on any atom is 0.341 e. The number of esters is 1. The van der Waals surface area contributed by atoms with E-state index in [2.05, 4.69) is 0 Å². The monoisotopic (exact) mass is 430 g/mol. The highest BCUT2D eigenvalue weighted by molar-refractivity contribution is 7.91. The first-order chi connectivity index (χ1) is 14.3. The summed E-state index contributed by atoms with van der Waals surface area (Å²) in [6.45, 7) is 0. The number of ether oxygens (including phenoxy) is 1. The van der Waals surface area contributed by atoms with Crippen LogP contribution >= 0.6 is 0 Å². The number of rotatable bonds is 7. The molecule has 0 aromatic heterocycles. The van der Waals surface area contributed by atoms with Gasteiger partial charge in [0.15, 0.2) is 6.10 Å². The van der Waals surface area contributed by atoms with Crippen LogP contribution in [0.4, 0.5) is 8.78 Å². The Labute approximate surface area is 171 Å². The first kappa shape index (κ1) is 21.3. The second-order valence-electron chi connectivity index (χ2n) is 6.26. The quantitative estimate of drug-likeness (QED) is 0.408. The molecule has 30 heavy (non-hydrogen) atoms. The van der Waals surface area contributed by atoms with E-state index in [4.69, 9.17) is 4.74 Å². The zero-order chi connectivity index (χ0) is 21.7. The maximum atomic E-state index is 12.9. The Bertz CT molecular complexity index is 1130. The Morgan fingerprint density at radius 2 is 1.27 bits per heavy atom. The lowest BCUT2D eigenvalue weighted by Crippen LogP contribution is -2.20. The second kappa shape index (κ2) is 8.96. The molecule has 0 saturated carbocycles. The third kappa shape index (κ3) is 4.60. The van der Waals surface area contributed by atoms with Crippen molar-refractivity contribution in [1.29, 1.82) is 0 Å². The second-order valence-corrected chi connectivity index (χ2v) is 8.17. The van der Waals surface area contributed by atoms with Gasteiger partial charge in [-0.05, 0) is 24.3 Å². The topological polar surface area (TPSA) is 77.5 Å². The van der Waals surface area contributed by atoms with Gasteiger partial charge in [0.2, 0.25) is 15.6 Å². The predicted octanol–water partition coefficient (Wildman–Crippen LogP) is 4.46. The van der Waals surface area contributed by atoms with Gasteiger partial charge < -0.3 is 4.74 Å². The van der Waals surface area contributed by atoms with Crippen LogP contribution in [0.15, 0.2) is 89.8 Å². The van der Waals surface area contributed by atoms with E-state index in [1.165, 1.54) is 0 Å². The molecule has 0 aliphatic carbocycles. The number of carbonyl (C=O) groups is 2. The van der Waals surface area contributed by atoms with Crippen molar-refractivity contribution in [1.82, 2.24) is 0 Å². The molecule has 3 aromatic rings. The van der Waals surface area contributed by atoms with Gasteiger partial charge in [-0.15, -0.1) is 0 Å². The third-order valence-corrected chi connectivity index (χ3v) is 5.68. The molecular weight excluding hydrogens is 414 g/mol. The number of carbonyl (C=O) groups excluding carboxylic acids is 2. The minimum atomic E-state index is -4.77. The summed E-state index contributed by atoms with van der Waals surface area (Å²) in [5.41, 5.74) is 0.721. The van der Waals surface area contributed by atoms with Crippen LogP contribution in [0, 0.1) is 0 Å². The van der Waals surface area contributed by atoms with Crippen LogP contribution in [0.3, 0.4) is 0 Å². The lowest BCUT2D eigenvalue weighted by atomic mass is 10.00. The van der Waals surface area contributed by atoms with E-state index in [-0.39, 0.29) is 5.56 Å². The zero-order valence-corrected chi connectivity index (χ0v) is 16.3. The van der Waals surface area contributed by atoms with Crippen LogP contribution in [0.2, 0.25) is 0 Å². The van der Waals surface area contributed by atoms with E-state index in [0.717, 1.165) is 24.3 Å². The first-order valence-electron chi connectivity index (χ1n) is 8.78. The third-order valence-electron chi connectivity index (χ3n) is 4.28. The van der Waals surface area contributed by atoms with Gasteiger partial charge in [-0.25, -0.2) is 13.2 Å². The molecule has 0 N–H and O–H groups in total. The standard InChI is InChI=1S/C22H16F2O5S/c23-22(24)30(27,28)18-13-11-17(12-14-18)21(26)29-20(16-9-5-2-6-10-16)19(25)15-7-3-1-4-8-15/h1-14,20,22H/t20-/m0/s1. The van der Waals surface area contributed by atoms with Gasteiger partial charge in [0.1, 0.15) is 0 Å². The van der Waals surface area contributed by atoms with Gasteiger partial charge in [-0.2, -0.15) is 8.78 Å². The summed E-state index contributed by atoms with van der Waals surface area (Å²) in [4.78, 5) is 24.9. The average molecular weight is 430 g/mol. The van der Waals surface area contributed by atoms with Gasteiger partial charge in [0.25, 0.3) is 0 Å². The average Bonchev–Trinajstić information content (AvgIpc) is 2.78. The molecule has 3 aromatic carbocycles. The van der Waals surface area contributed by atoms with Crippen molar-refractivity contribution < 1.29 is 31.5 Å². The molecule has 0 aliphatic heterocycles. The van der Waals surface area contributed by atoms with Crippen molar-refractivity contribution in [2.45, 2.75) is 16.8 Å². The van der Waals surface area contributed by atoms with E-state index in [1.54, 1.807) is 60.7 Å². The number of sulfone groups is 1. The largest absolute Gasteiger partial charge is 0.445 e. The molecule has 8 heteroatoms. The Hall–Kier alpha value is -3.39. The Balaban J connectivity index is 1.88. The highest BCUT2D eigenvalue weighted by Crippen LogP contribution is 2.25. The van der Waals surface area contributed by atoms with Crippen LogP contribution in [0.1, 0.15) is 32.4 Å². The van der Waals surface area contributed by atoms with Crippen molar-refractivity contribution in [2.24, 2.45) is 0 Å². The summed E-state index contributed by atoms with van der Waals surface area (Å²) in [7, 11) is -4.77. The molecule has 0 unspecified atom stereocenters. The number of benzene rings is 3. The molecule has 3 rings (SSSR count). The normalized spacial score (nSPS) is 12.4. The molecule has 154 valence electrons. The summed E-state index contributed by atoms with van der Waals surface area (Å²) >= 11 is 0. The lowest BCUT2D eigenvalue weighted by molar-refractivity contribution is 0.0280.